The Morgan fingerprint density at radius 2 is 1.86 bits per heavy atom. The predicted octanol–water partition coefficient (Wildman–Crippen LogP) is 2.74. The van der Waals surface area contributed by atoms with Gasteiger partial charge in [-0.3, -0.25) is 4.79 Å². The Bertz CT molecular complexity index is 718. The van der Waals surface area contributed by atoms with Gasteiger partial charge in [-0.05, 0) is 23.8 Å². The molecule has 0 atom stereocenters. The van der Waals surface area contributed by atoms with Crippen LogP contribution in [0.25, 0.3) is 5.76 Å². The van der Waals surface area contributed by atoms with Crippen molar-refractivity contribution in [3.05, 3.63) is 65.0 Å². The summed E-state index contributed by atoms with van der Waals surface area (Å²) in [5.74, 6) is -3.21. The zero-order chi connectivity index (χ0) is 15.4. The van der Waals surface area contributed by atoms with Crippen molar-refractivity contribution in [3.8, 4) is 0 Å². The average Bonchev–Trinajstić information content (AvgIpc) is 2.89. The molecular weight excluding hydrogens is 294 g/mol. The standard InChI is InChI=1S/C15H12ClNO4/c16-11-5-2-1-4-10(11)9-17-7-3-6-12(17)13(18)8-14(19)15(20)21/h1-8,18H,9H2,(H,20,21)/b13-8-. The van der Waals surface area contributed by atoms with Crippen molar-refractivity contribution in [3.63, 3.8) is 0 Å². The van der Waals surface area contributed by atoms with E-state index in [-0.39, 0.29) is 0 Å². The molecule has 6 heteroatoms. The van der Waals surface area contributed by atoms with Gasteiger partial charge in [0.15, 0.2) is 0 Å². The number of carbonyl (C=O) groups is 2. The summed E-state index contributed by atoms with van der Waals surface area (Å²) >= 11 is 6.08. The van der Waals surface area contributed by atoms with Crippen molar-refractivity contribution < 1.29 is 19.8 Å². The van der Waals surface area contributed by atoms with E-state index in [9.17, 15) is 14.7 Å². The Morgan fingerprint density at radius 1 is 1.14 bits per heavy atom. The maximum Gasteiger partial charge on any atom is 0.376 e. The highest BCUT2D eigenvalue weighted by molar-refractivity contribution is 6.38. The van der Waals surface area contributed by atoms with Gasteiger partial charge in [0, 0.05) is 23.8 Å². The van der Waals surface area contributed by atoms with Crippen LogP contribution in [0.15, 0.2) is 48.7 Å². The topological polar surface area (TPSA) is 79.5 Å². The summed E-state index contributed by atoms with van der Waals surface area (Å²) in [5, 5.41) is 19.0. The Labute approximate surface area is 125 Å². The van der Waals surface area contributed by atoms with Crippen molar-refractivity contribution in [1.29, 1.82) is 0 Å². The molecule has 0 bridgehead atoms. The molecule has 108 valence electrons. The van der Waals surface area contributed by atoms with Crippen molar-refractivity contribution >= 4 is 29.1 Å². The molecule has 0 aliphatic rings. The highest BCUT2D eigenvalue weighted by Gasteiger charge is 2.13. The van der Waals surface area contributed by atoms with Crippen molar-refractivity contribution in [2.24, 2.45) is 0 Å². The SMILES string of the molecule is O=C(O)C(=O)/C=C(\O)c1cccn1Cc1ccccc1Cl. The fourth-order valence-electron chi connectivity index (χ4n) is 1.85. The first-order chi connectivity index (χ1) is 9.99. The number of aliphatic carboxylic acids is 1. The lowest BCUT2D eigenvalue weighted by molar-refractivity contribution is -0.146. The molecule has 0 aliphatic heterocycles. The van der Waals surface area contributed by atoms with E-state index < -0.39 is 17.5 Å². The predicted molar refractivity (Wildman–Crippen MR) is 78.2 cm³/mol. The number of aromatic nitrogens is 1. The lowest BCUT2D eigenvalue weighted by Crippen LogP contribution is -2.10. The summed E-state index contributed by atoms with van der Waals surface area (Å²) in [6.45, 7) is 0.390. The maximum absolute atomic E-state index is 11.1. The lowest BCUT2D eigenvalue weighted by atomic mass is 10.2. The average molecular weight is 306 g/mol. The van der Waals surface area contributed by atoms with E-state index >= 15 is 0 Å². The van der Waals surface area contributed by atoms with Gasteiger partial charge in [-0.2, -0.15) is 0 Å². The van der Waals surface area contributed by atoms with Gasteiger partial charge in [-0.15, -0.1) is 0 Å². The maximum atomic E-state index is 11.1. The molecule has 0 spiro atoms. The molecule has 0 radical (unpaired) electrons. The molecule has 21 heavy (non-hydrogen) atoms. The molecule has 2 rings (SSSR count). The number of carbonyl (C=O) groups excluding carboxylic acids is 1. The number of aliphatic hydroxyl groups excluding tert-OH is 1. The van der Waals surface area contributed by atoms with E-state index in [1.165, 1.54) is 0 Å². The van der Waals surface area contributed by atoms with Crippen LogP contribution in [-0.2, 0) is 16.1 Å². The van der Waals surface area contributed by atoms with Gasteiger partial charge in [0.25, 0.3) is 5.78 Å². The second-order valence-electron chi connectivity index (χ2n) is 4.31. The summed E-state index contributed by atoms with van der Waals surface area (Å²) in [7, 11) is 0. The Kier molecular flexibility index (Phi) is 4.45. The molecule has 0 unspecified atom stereocenters. The third-order valence-electron chi connectivity index (χ3n) is 2.87. The quantitative estimate of drug-likeness (QED) is 0.506. The highest BCUT2D eigenvalue weighted by Crippen LogP contribution is 2.19. The summed E-state index contributed by atoms with van der Waals surface area (Å²) in [4.78, 5) is 21.6. The summed E-state index contributed by atoms with van der Waals surface area (Å²) < 4.78 is 1.67. The fraction of sp³-hybridized carbons (Fsp3) is 0.0667. The van der Waals surface area contributed by atoms with Crippen LogP contribution in [0.2, 0.25) is 5.02 Å². The highest BCUT2D eigenvalue weighted by atomic mass is 35.5. The Morgan fingerprint density at radius 3 is 2.52 bits per heavy atom. The van der Waals surface area contributed by atoms with Gasteiger partial charge in [0.05, 0.1) is 5.69 Å². The molecule has 1 aromatic carbocycles. The molecule has 1 aromatic heterocycles. The number of halogens is 1. The van der Waals surface area contributed by atoms with Crippen LogP contribution in [0, 0.1) is 0 Å². The first-order valence-corrected chi connectivity index (χ1v) is 6.43. The van der Waals surface area contributed by atoms with E-state index in [2.05, 4.69) is 0 Å². The molecular formula is C15H12ClNO4. The lowest BCUT2D eigenvalue weighted by Gasteiger charge is -2.10. The minimum Gasteiger partial charge on any atom is -0.506 e. The van der Waals surface area contributed by atoms with Crippen molar-refractivity contribution in [2.75, 3.05) is 0 Å². The Hall–Kier alpha value is -2.53. The molecule has 5 nitrogen and oxygen atoms in total. The van der Waals surface area contributed by atoms with Crippen LogP contribution >= 0.6 is 11.6 Å². The van der Waals surface area contributed by atoms with Crippen molar-refractivity contribution in [1.82, 2.24) is 4.57 Å². The second kappa shape index (κ2) is 6.28. The van der Waals surface area contributed by atoms with Gasteiger partial charge in [0.2, 0.25) is 0 Å². The van der Waals surface area contributed by atoms with Gasteiger partial charge < -0.3 is 14.8 Å². The normalized spacial score (nSPS) is 11.4. The van der Waals surface area contributed by atoms with Gasteiger partial charge >= 0.3 is 5.97 Å². The molecule has 0 amide bonds. The first kappa shape index (κ1) is 14.9. The van der Waals surface area contributed by atoms with E-state index in [4.69, 9.17) is 16.7 Å². The minimum atomic E-state index is -1.62. The molecule has 0 saturated heterocycles. The summed E-state index contributed by atoms with van der Waals surface area (Å²) in [5.41, 5.74) is 1.18. The number of carboxylic acids is 1. The molecule has 2 aromatic rings. The summed E-state index contributed by atoms with van der Waals surface area (Å²) in [6.07, 6.45) is 2.38. The number of hydrogen-bond donors (Lipinski definition) is 2. The van der Waals surface area contributed by atoms with Crippen LogP contribution < -0.4 is 0 Å². The van der Waals surface area contributed by atoms with Gasteiger partial charge in [0.1, 0.15) is 5.76 Å². The van der Waals surface area contributed by atoms with Crippen LogP contribution in [0.1, 0.15) is 11.3 Å². The first-order valence-electron chi connectivity index (χ1n) is 6.06. The zero-order valence-corrected chi connectivity index (χ0v) is 11.6. The van der Waals surface area contributed by atoms with Gasteiger partial charge in [-0.1, -0.05) is 29.8 Å². The van der Waals surface area contributed by atoms with Gasteiger partial charge in [-0.25, -0.2) is 4.79 Å². The van der Waals surface area contributed by atoms with Crippen LogP contribution in [0.4, 0.5) is 0 Å². The molecule has 1 heterocycles. The zero-order valence-electron chi connectivity index (χ0n) is 10.9. The Balaban J connectivity index is 2.29. The van der Waals surface area contributed by atoms with Crippen molar-refractivity contribution in [2.45, 2.75) is 6.54 Å². The summed E-state index contributed by atoms with van der Waals surface area (Å²) in [6, 6.07) is 10.5. The monoisotopic (exact) mass is 305 g/mol. The van der Waals surface area contributed by atoms with E-state index in [0.29, 0.717) is 23.3 Å². The van der Waals surface area contributed by atoms with Crippen LogP contribution in [0.3, 0.4) is 0 Å². The molecule has 2 N–H and O–H groups in total. The number of aliphatic hydroxyl groups is 1. The van der Waals surface area contributed by atoms with E-state index in [1.807, 2.05) is 18.2 Å². The van der Waals surface area contributed by atoms with E-state index in [1.54, 1.807) is 29.0 Å². The van der Waals surface area contributed by atoms with Crippen LogP contribution in [0.5, 0.6) is 0 Å². The third kappa shape index (κ3) is 3.52. The number of hydrogen-bond acceptors (Lipinski definition) is 3. The molecule has 0 saturated carbocycles. The minimum absolute atomic E-state index is 0.338. The largest absolute Gasteiger partial charge is 0.506 e. The van der Waals surface area contributed by atoms with E-state index in [0.717, 1.165) is 5.56 Å². The number of rotatable bonds is 5. The molecule has 0 fully saturated rings. The number of ketones is 1. The third-order valence-corrected chi connectivity index (χ3v) is 3.24. The van der Waals surface area contributed by atoms with Crippen LogP contribution in [-0.4, -0.2) is 26.5 Å². The number of benzene rings is 1. The molecule has 0 aliphatic carbocycles. The second-order valence-corrected chi connectivity index (χ2v) is 4.72. The smallest absolute Gasteiger partial charge is 0.376 e. The number of nitrogens with zero attached hydrogens (tertiary/aromatic N) is 1. The number of carboxylic acid groups (broad SMARTS) is 1. The fourth-order valence-corrected chi connectivity index (χ4v) is 2.05.